The minimum atomic E-state index is -3.47. The second kappa shape index (κ2) is 3.69. The Balaban J connectivity index is 2.60. The fourth-order valence-electron chi connectivity index (χ4n) is 1.64. The Morgan fingerprint density at radius 1 is 1.44 bits per heavy atom. The van der Waals surface area contributed by atoms with E-state index in [1.165, 1.54) is 12.1 Å². The number of rotatable bonds is 1. The number of benzene rings is 1. The first-order valence-corrected chi connectivity index (χ1v) is 6.37. The fraction of sp³-hybridized carbons (Fsp3) is 0.400. The highest BCUT2D eigenvalue weighted by Crippen LogP contribution is 2.32. The summed E-state index contributed by atoms with van der Waals surface area (Å²) >= 11 is 0. The highest BCUT2D eigenvalue weighted by molar-refractivity contribution is 7.92. The molecule has 0 amide bonds. The lowest BCUT2D eigenvalue weighted by atomic mass is 10.2. The Bertz CT molecular complexity index is 514. The summed E-state index contributed by atoms with van der Waals surface area (Å²) in [5, 5.41) is 2.32. The molecule has 0 spiro atoms. The SMILES string of the molecule is CC1CNc2ccc(C(F)F)cc2S1(=O)=O. The van der Waals surface area contributed by atoms with Crippen molar-refractivity contribution in [2.75, 3.05) is 11.9 Å². The number of hydrogen-bond acceptors (Lipinski definition) is 3. The zero-order chi connectivity index (χ0) is 11.9. The fourth-order valence-corrected chi connectivity index (χ4v) is 3.12. The summed E-state index contributed by atoms with van der Waals surface area (Å²) in [7, 11) is -3.47. The van der Waals surface area contributed by atoms with Crippen molar-refractivity contribution in [2.24, 2.45) is 0 Å². The second-order valence-corrected chi connectivity index (χ2v) is 6.13. The van der Waals surface area contributed by atoms with Crippen molar-refractivity contribution in [3.8, 4) is 0 Å². The van der Waals surface area contributed by atoms with Gasteiger partial charge in [0.05, 0.1) is 15.8 Å². The number of fused-ring (bicyclic) bond motifs is 1. The third-order valence-electron chi connectivity index (χ3n) is 2.67. The van der Waals surface area contributed by atoms with E-state index < -0.39 is 21.5 Å². The third-order valence-corrected chi connectivity index (χ3v) is 4.85. The van der Waals surface area contributed by atoms with E-state index in [2.05, 4.69) is 5.32 Å². The topological polar surface area (TPSA) is 46.2 Å². The largest absolute Gasteiger partial charge is 0.383 e. The van der Waals surface area contributed by atoms with E-state index in [4.69, 9.17) is 0 Å². The molecule has 0 aromatic heterocycles. The predicted octanol–water partition coefficient (Wildman–Crippen LogP) is 2.21. The molecular weight excluding hydrogens is 236 g/mol. The lowest BCUT2D eigenvalue weighted by Crippen LogP contribution is -2.31. The van der Waals surface area contributed by atoms with E-state index in [0.717, 1.165) is 6.07 Å². The molecule has 0 radical (unpaired) electrons. The molecule has 2 rings (SSSR count). The molecule has 1 unspecified atom stereocenters. The molecule has 6 heteroatoms. The number of anilines is 1. The highest BCUT2D eigenvalue weighted by Gasteiger charge is 2.31. The first kappa shape index (κ1) is 11.3. The van der Waals surface area contributed by atoms with Gasteiger partial charge in [-0.3, -0.25) is 0 Å². The van der Waals surface area contributed by atoms with E-state index in [9.17, 15) is 17.2 Å². The zero-order valence-electron chi connectivity index (χ0n) is 8.57. The van der Waals surface area contributed by atoms with Gasteiger partial charge in [-0.1, -0.05) is 6.07 Å². The molecule has 1 aromatic carbocycles. The molecule has 1 aromatic rings. The van der Waals surface area contributed by atoms with Crippen LogP contribution < -0.4 is 5.32 Å². The summed E-state index contributed by atoms with van der Waals surface area (Å²) in [5.41, 5.74) is 0.140. The Kier molecular flexibility index (Phi) is 2.61. The highest BCUT2D eigenvalue weighted by atomic mass is 32.2. The van der Waals surface area contributed by atoms with Gasteiger partial charge >= 0.3 is 0 Å². The van der Waals surface area contributed by atoms with E-state index >= 15 is 0 Å². The number of halogens is 2. The molecule has 0 fully saturated rings. The van der Waals surface area contributed by atoms with Crippen molar-refractivity contribution in [2.45, 2.75) is 23.5 Å². The molecule has 1 aliphatic rings. The van der Waals surface area contributed by atoms with Gasteiger partial charge in [0, 0.05) is 12.1 Å². The third kappa shape index (κ3) is 1.67. The van der Waals surface area contributed by atoms with Crippen LogP contribution >= 0.6 is 0 Å². The molecule has 0 saturated carbocycles. The molecule has 16 heavy (non-hydrogen) atoms. The van der Waals surface area contributed by atoms with Crippen LogP contribution in [0.4, 0.5) is 14.5 Å². The van der Waals surface area contributed by atoms with Gasteiger partial charge in [0.2, 0.25) is 0 Å². The summed E-state index contributed by atoms with van der Waals surface area (Å²) in [5.74, 6) is 0. The van der Waals surface area contributed by atoms with Gasteiger partial charge in [0.25, 0.3) is 6.43 Å². The maximum atomic E-state index is 12.5. The Labute approximate surface area is 92.4 Å². The molecule has 3 nitrogen and oxygen atoms in total. The molecular formula is C10H11F2NO2S. The lowest BCUT2D eigenvalue weighted by Gasteiger charge is -2.24. The average Bonchev–Trinajstić information content (AvgIpc) is 2.23. The molecule has 88 valence electrons. The van der Waals surface area contributed by atoms with E-state index in [0.29, 0.717) is 12.2 Å². The van der Waals surface area contributed by atoms with Crippen molar-refractivity contribution in [1.29, 1.82) is 0 Å². The summed E-state index contributed by atoms with van der Waals surface area (Å²) in [6.07, 6.45) is -2.65. The molecule has 1 heterocycles. The van der Waals surface area contributed by atoms with Crippen LogP contribution in [-0.4, -0.2) is 20.2 Å². The second-order valence-electron chi connectivity index (χ2n) is 3.79. The summed E-state index contributed by atoms with van der Waals surface area (Å²) < 4.78 is 48.7. The number of hydrogen-bond donors (Lipinski definition) is 1. The Hall–Kier alpha value is -1.17. The molecule has 1 aliphatic heterocycles. The quantitative estimate of drug-likeness (QED) is 0.827. The Morgan fingerprint density at radius 3 is 2.75 bits per heavy atom. The first-order chi connectivity index (χ1) is 7.43. The summed E-state index contributed by atoms with van der Waals surface area (Å²) in [6, 6.07) is 3.68. The monoisotopic (exact) mass is 247 g/mol. The van der Waals surface area contributed by atoms with E-state index in [1.807, 2.05) is 0 Å². The van der Waals surface area contributed by atoms with Crippen LogP contribution in [0.1, 0.15) is 18.9 Å². The van der Waals surface area contributed by atoms with Crippen LogP contribution in [0.5, 0.6) is 0 Å². The van der Waals surface area contributed by atoms with Crippen molar-refractivity contribution in [3.05, 3.63) is 23.8 Å². The first-order valence-electron chi connectivity index (χ1n) is 4.83. The maximum absolute atomic E-state index is 12.5. The van der Waals surface area contributed by atoms with Crippen molar-refractivity contribution in [3.63, 3.8) is 0 Å². The van der Waals surface area contributed by atoms with Crippen LogP contribution in [0.3, 0.4) is 0 Å². The Morgan fingerprint density at radius 2 is 2.12 bits per heavy atom. The molecule has 0 aliphatic carbocycles. The zero-order valence-corrected chi connectivity index (χ0v) is 9.39. The number of nitrogens with one attached hydrogen (secondary N) is 1. The van der Waals surface area contributed by atoms with Crippen LogP contribution in [0.25, 0.3) is 0 Å². The standard InChI is InChI=1S/C10H11F2NO2S/c1-6-5-13-8-3-2-7(10(11)12)4-9(8)16(6,14)15/h2-4,6,10,13H,5H2,1H3. The molecule has 1 atom stereocenters. The average molecular weight is 247 g/mol. The minimum Gasteiger partial charge on any atom is -0.383 e. The van der Waals surface area contributed by atoms with Crippen molar-refractivity contribution < 1.29 is 17.2 Å². The van der Waals surface area contributed by atoms with Crippen LogP contribution in [0.15, 0.2) is 23.1 Å². The van der Waals surface area contributed by atoms with Crippen LogP contribution in [-0.2, 0) is 9.84 Å². The molecule has 1 N–H and O–H groups in total. The van der Waals surface area contributed by atoms with Crippen LogP contribution in [0, 0.1) is 0 Å². The summed E-state index contributed by atoms with van der Waals surface area (Å²) in [4.78, 5) is -0.0240. The van der Waals surface area contributed by atoms with E-state index in [-0.39, 0.29) is 10.5 Å². The maximum Gasteiger partial charge on any atom is 0.263 e. The summed E-state index contributed by atoms with van der Waals surface area (Å²) in [6.45, 7) is 1.86. The van der Waals surface area contributed by atoms with Gasteiger partial charge in [0.1, 0.15) is 0 Å². The minimum absolute atomic E-state index is 0.0240. The van der Waals surface area contributed by atoms with Gasteiger partial charge in [-0.25, -0.2) is 17.2 Å². The van der Waals surface area contributed by atoms with Crippen molar-refractivity contribution >= 4 is 15.5 Å². The number of alkyl halides is 2. The van der Waals surface area contributed by atoms with E-state index in [1.54, 1.807) is 6.92 Å². The van der Waals surface area contributed by atoms with Gasteiger partial charge in [-0.2, -0.15) is 0 Å². The predicted molar refractivity (Wildman–Crippen MR) is 56.5 cm³/mol. The van der Waals surface area contributed by atoms with Crippen molar-refractivity contribution in [1.82, 2.24) is 0 Å². The smallest absolute Gasteiger partial charge is 0.263 e. The van der Waals surface area contributed by atoms with Gasteiger partial charge in [-0.15, -0.1) is 0 Å². The molecule has 0 bridgehead atoms. The lowest BCUT2D eigenvalue weighted by molar-refractivity contribution is 0.151. The molecule has 0 saturated heterocycles. The number of sulfone groups is 1. The van der Waals surface area contributed by atoms with Crippen LogP contribution in [0.2, 0.25) is 0 Å². The van der Waals surface area contributed by atoms with Gasteiger partial charge in [-0.05, 0) is 19.1 Å². The van der Waals surface area contributed by atoms with Gasteiger partial charge in [0.15, 0.2) is 9.84 Å². The normalized spacial score (nSPS) is 22.6. The van der Waals surface area contributed by atoms with Gasteiger partial charge < -0.3 is 5.32 Å².